The SMILES string of the molecule is CCNC(c1ccc(F)cc1)c1cc(Br)cc(Br)c1. The molecule has 19 heavy (non-hydrogen) atoms. The average Bonchev–Trinajstić information content (AvgIpc) is 2.36. The maximum Gasteiger partial charge on any atom is 0.123 e. The lowest BCUT2D eigenvalue weighted by atomic mass is 9.99. The molecule has 1 atom stereocenters. The Bertz CT molecular complexity index is 534. The van der Waals surface area contributed by atoms with Crippen LogP contribution in [-0.4, -0.2) is 6.54 Å². The molecule has 0 aliphatic heterocycles. The van der Waals surface area contributed by atoms with E-state index in [-0.39, 0.29) is 11.9 Å². The van der Waals surface area contributed by atoms with E-state index < -0.39 is 0 Å². The molecule has 0 aromatic heterocycles. The lowest BCUT2D eigenvalue weighted by Crippen LogP contribution is -2.22. The lowest BCUT2D eigenvalue weighted by molar-refractivity contribution is 0.613. The molecule has 0 heterocycles. The first-order chi connectivity index (χ1) is 9.10. The Kier molecular flexibility index (Phi) is 5.13. The third-order valence-corrected chi connectivity index (χ3v) is 3.75. The van der Waals surface area contributed by atoms with Crippen LogP contribution in [0.3, 0.4) is 0 Å². The highest BCUT2D eigenvalue weighted by atomic mass is 79.9. The van der Waals surface area contributed by atoms with E-state index in [4.69, 9.17) is 0 Å². The van der Waals surface area contributed by atoms with E-state index >= 15 is 0 Å². The van der Waals surface area contributed by atoms with Crippen LogP contribution in [0, 0.1) is 5.82 Å². The average molecular weight is 387 g/mol. The summed E-state index contributed by atoms with van der Waals surface area (Å²) in [6.45, 7) is 2.90. The number of benzene rings is 2. The van der Waals surface area contributed by atoms with Crippen molar-refractivity contribution in [2.75, 3.05) is 6.54 Å². The maximum absolute atomic E-state index is 13.0. The zero-order chi connectivity index (χ0) is 13.8. The number of hydrogen-bond donors (Lipinski definition) is 1. The second-order valence-electron chi connectivity index (χ2n) is 4.25. The number of halogens is 3. The summed E-state index contributed by atoms with van der Waals surface area (Å²) in [4.78, 5) is 0. The molecule has 0 spiro atoms. The molecule has 1 nitrogen and oxygen atoms in total. The molecule has 100 valence electrons. The fourth-order valence-electron chi connectivity index (χ4n) is 2.03. The van der Waals surface area contributed by atoms with Crippen LogP contribution in [0.25, 0.3) is 0 Å². The molecule has 0 aliphatic carbocycles. The number of nitrogens with one attached hydrogen (secondary N) is 1. The van der Waals surface area contributed by atoms with Crippen molar-refractivity contribution in [3.05, 3.63) is 68.4 Å². The van der Waals surface area contributed by atoms with Crippen LogP contribution in [0.4, 0.5) is 4.39 Å². The Hall–Kier alpha value is -0.710. The van der Waals surface area contributed by atoms with Crippen molar-refractivity contribution < 1.29 is 4.39 Å². The van der Waals surface area contributed by atoms with Gasteiger partial charge >= 0.3 is 0 Å². The van der Waals surface area contributed by atoms with Crippen molar-refractivity contribution in [3.63, 3.8) is 0 Å². The molecular formula is C15H14Br2FN. The molecular weight excluding hydrogens is 373 g/mol. The van der Waals surface area contributed by atoms with Crippen LogP contribution in [0.2, 0.25) is 0 Å². The highest BCUT2D eigenvalue weighted by molar-refractivity contribution is 9.11. The van der Waals surface area contributed by atoms with Crippen molar-refractivity contribution in [2.45, 2.75) is 13.0 Å². The third-order valence-electron chi connectivity index (χ3n) is 2.83. The third kappa shape index (κ3) is 3.88. The van der Waals surface area contributed by atoms with Gasteiger partial charge in [-0.25, -0.2) is 4.39 Å². The maximum atomic E-state index is 13.0. The quantitative estimate of drug-likeness (QED) is 0.775. The predicted octanol–water partition coefficient (Wildman–Crippen LogP) is 5.05. The van der Waals surface area contributed by atoms with Gasteiger partial charge in [0.25, 0.3) is 0 Å². The summed E-state index contributed by atoms with van der Waals surface area (Å²) in [6.07, 6.45) is 0. The van der Waals surface area contributed by atoms with Gasteiger partial charge in [-0.2, -0.15) is 0 Å². The molecule has 0 saturated heterocycles. The summed E-state index contributed by atoms with van der Waals surface area (Å²) in [5.74, 6) is -0.213. The number of rotatable bonds is 4. The Labute approximate surface area is 129 Å². The molecule has 2 aromatic rings. The largest absolute Gasteiger partial charge is 0.307 e. The van der Waals surface area contributed by atoms with Gasteiger partial charge in [0, 0.05) is 8.95 Å². The predicted molar refractivity (Wildman–Crippen MR) is 83.8 cm³/mol. The molecule has 0 radical (unpaired) electrons. The normalized spacial score (nSPS) is 12.4. The van der Waals surface area contributed by atoms with Gasteiger partial charge in [-0.3, -0.25) is 0 Å². The topological polar surface area (TPSA) is 12.0 Å². The summed E-state index contributed by atoms with van der Waals surface area (Å²) < 4.78 is 15.1. The highest BCUT2D eigenvalue weighted by Crippen LogP contribution is 2.28. The van der Waals surface area contributed by atoms with E-state index in [1.54, 1.807) is 0 Å². The monoisotopic (exact) mass is 385 g/mol. The Morgan fingerprint density at radius 2 is 1.58 bits per heavy atom. The van der Waals surface area contributed by atoms with Gasteiger partial charge in [-0.05, 0) is 48.0 Å². The minimum atomic E-state index is -0.213. The lowest BCUT2D eigenvalue weighted by Gasteiger charge is -2.19. The van der Waals surface area contributed by atoms with Gasteiger partial charge in [0.2, 0.25) is 0 Å². The van der Waals surface area contributed by atoms with E-state index in [0.717, 1.165) is 26.6 Å². The fourth-order valence-corrected chi connectivity index (χ4v) is 3.36. The Balaban J connectivity index is 2.41. The van der Waals surface area contributed by atoms with Crippen LogP contribution >= 0.6 is 31.9 Å². The van der Waals surface area contributed by atoms with Gasteiger partial charge in [0.1, 0.15) is 5.82 Å². The van der Waals surface area contributed by atoms with Gasteiger partial charge in [-0.1, -0.05) is 50.9 Å². The smallest absolute Gasteiger partial charge is 0.123 e. The van der Waals surface area contributed by atoms with Crippen LogP contribution in [0.1, 0.15) is 24.1 Å². The van der Waals surface area contributed by atoms with E-state index in [9.17, 15) is 4.39 Å². The second-order valence-corrected chi connectivity index (χ2v) is 6.08. The Morgan fingerprint density at radius 3 is 2.11 bits per heavy atom. The summed E-state index contributed by atoms with van der Waals surface area (Å²) in [6, 6.07) is 12.8. The molecule has 4 heteroatoms. The minimum absolute atomic E-state index is 0.0550. The first-order valence-electron chi connectivity index (χ1n) is 6.05. The van der Waals surface area contributed by atoms with Gasteiger partial charge in [0.15, 0.2) is 0 Å². The van der Waals surface area contributed by atoms with Crippen molar-refractivity contribution in [1.82, 2.24) is 5.32 Å². The molecule has 0 aliphatic rings. The first kappa shape index (κ1) is 14.7. The molecule has 0 bridgehead atoms. The summed E-state index contributed by atoms with van der Waals surface area (Å²) >= 11 is 7.00. The molecule has 2 rings (SSSR count). The molecule has 0 amide bonds. The van der Waals surface area contributed by atoms with Crippen molar-refractivity contribution >= 4 is 31.9 Å². The molecule has 2 aromatic carbocycles. The van der Waals surface area contributed by atoms with Crippen LogP contribution in [-0.2, 0) is 0 Å². The van der Waals surface area contributed by atoms with E-state index in [2.05, 4.69) is 56.2 Å². The summed E-state index contributed by atoms with van der Waals surface area (Å²) in [5.41, 5.74) is 2.18. The second kappa shape index (κ2) is 6.64. The zero-order valence-electron chi connectivity index (χ0n) is 10.5. The van der Waals surface area contributed by atoms with E-state index in [0.29, 0.717) is 0 Å². The molecule has 1 N–H and O–H groups in total. The molecule has 0 fully saturated rings. The minimum Gasteiger partial charge on any atom is -0.307 e. The van der Waals surface area contributed by atoms with Crippen molar-refractivity contribution in [3.8, 4) is 0 Å². The number of hydrogen-bond acceptors (Lipinski definition) is 1. The van der Waals surface area contributed by atoms with Crippen LogP contribution < -0.4 is 5.32 Å². The molecule has 0 saturated carbocycles. The van der Waals surface area contributed by atoms with Gasteiger partial charge < -0.3 is 5.32 Å². The highest BCUT2D eigenvalue weighted by Gasteiger charge is 2.14. The van der Waals surface area contributed by atoms with E-state index in [1.807, 2.05) is 18.2 Å². The molecule has 1 unspecified atom stereocenters. The van der Waals surface area contributed by atoms with Gasteiger partial charge in [-0.15, -0.1) is 0 Å². The van der Waals surface area contributed by atoms with Crippen LogP contribution in [0.5, 0.6) is 0 Å². The Morgan fingerprint density at radius 1 is 1.00 bits per heavy atom. The van der Waals surface area contributed by atoms with Crippen LogP contribution in [0.15, 0.2) is 51.4 Å². The van der Waals surface area contributed by atoms with Crippen molar-refractivity contribution in [1.29, 1.82) is 0 Å². The zero-order valence-corrected chi connectivity index (χ0v) is 13.6. The fraction of sp³-hybridized carbons (Fsp3) is 0.200. The first-order valence-corrected chi connectivity index (χ1v) is 7.63. The standard InChI is InChI=1S/C15H14Br2FN/c1-2-19-15(10-3-5-14(18)6-4-10)11-7-12(16)9-13(17)8-11/h3-9,15,19H,2H2,1H3. The van der Waals surface area contributed by atoms with Gasteiger partial charge in [0.05, 0.1) is 6.04 Å². The van der Waals surface area contributed by atoms with Crippen molar-refractivity contribution in [2.24, 2.45) is 0 Å². The van der Waals surface area contributed by atoms with E-state index in [1.165, 1.54) is 12.1 Å². The summed E-state index contributed by atoms with van der Waals surface area (Å²) in [7, 11) is 0. The summed E-state index contributed by atoms with van der Waals surface area (Å²) in [5, 5.41) is 3.42.